The minimum atomic E-state index is -0.336. The van der Waals surface area contributed by atoms with Crippen LogP contribution in [-0.4, -0.2) is 37.4 Å². The third kappa shape index (κ3) is 7.83. The molecule has 0 amide bonds. The first-order valence-electron chi connectivity index (χ1n) is 17.6. The predicted octanol–water partition coefficient (Wildman–Crippen LogP) is 9.08. The van der Waals surface area contributed by atoms with E-state index in [4.69, 9.17) is 14.2 Å². The fourth-order valence-electron chi connectivity index (χ4n) is 9.84. The van der Waals surface area contributed by atoms with Gasteiger partial charge >= 0.3 is 11.9 Å². The number of hydrogen-bond acceptors (Lipinski definition) is 5. The monoisotopic (exact) mass is 586 g/mol. The Kier molecular flexibility index (Phi) is 11.7. The van der Waals surface area contributed by atoms with Crippen molar-refractivity contribution in [2.75, 3.05) is 13.2 Å². The Morgan fingerprint density at radius 2 is 1.64 bits per heavy atom. The predicted molar refractivity (Wildman–Crippen MR) is 169 cm³/mol. The van der Waals surface area contributed by atoms with Gasteiger partial charge in [-0.25, -0.2) is 0 Å². The number of ether oxygens (including phenoxy) is 3. The maximum atomic E-state index is 12.6. The molecule has 5 unspecified atom stereocenters. The van der Waals surface area contributed by atoms with Gasteiger partial charge in [0.2, 0.25) is 0 Å². The summed E-state index contributed by atoms with van der Waals surface area (Å²) in [6, 6.07) is 0. The lowest BCUT2D eigenvalue weighted by Crippen LogP contribution is -2.51. The van der Waals surface area contributed by atoms with E-state index in [9.17, 15) is 9.59 Å². The Balaban J connectivity index is 1.26. The molecule has 0 aliphatic heterocycles. The Morgan fingerprint density at radius 3 is 2.38 bits per heavy atom. The van der Waals surface area contributed by atoms with Crippen molar-refractivity contribution in [3.05, 3.63) is 11.6 Å². The van der Waals surface area contributed by atoms with Gasteiger partial charge in [0.25, 0.3) is 0 Å². The SMILES string of the molecule is CC(C)CCCC(C)C1CCC2C3CC=C4C[C@@H](OC(=O)CCC(=O)OCCCOC(C)C)CC[C@]4(C)C3CC[C@]12C. The summed E-state index contributed by atoms with van der Waals surface area (Å²) in [5.41, 5.74) is 2.30. The van der Waals surface area contributed by atoms with E-state index in [2.05, 4.69) is 40.7 Å². The van der Waals surface area contributed by atoms with Gasteiger partial charge in [0, 0.05) is 12.8 Å². The number of esters is 2. The summed E-state index contributed by atoms with van der Waals surface area (Å²) in [5, 5.41) is 0. The molecular formula is C37H62O5. The van der Waals surface area contributed by atoms with E-state index in [1.165, 1.54) is 56.9 Å². The van der Waals surface area contributed by atoms with Crippen LogP contribution < -0.4 is 0 Å². The number of fused-ring (bicyclic) bond motifs is 5. The van der Waals surface area contributed by atoms with E-state index in [1.807, 2.05) is 13.8 Å². The third-order valence-corrected chi connectivity index (χ3v) is 12.1. The lowest BCUT2D eigenvalue weighted by Gasteiger charge is -2.58. The Morgan fingerprint density at radius 1 is 0.881 bits per heavy atom. The number of carbonyl (C=O) groups excluding carboxylic acids is 2. The molecule has 0 saturated heterocycles. The first kappa shape index (κ1) is 33.5. The summed E-state index contributed by atoms with van der Waals surface area (Å²) in [6.45, 7) is 17.3. The molecule has 0 bridgehead atoms. The molecule has 0 aromatic heterocycles. The highest BCUT2D eigenvalue weighted by Gasteiger charge is 2.59. The second kappa shape index (κ2) is 14.6. The van der Waals surface area contributed by atoms with Gasteiger partial charge in [-0.15, -0.1) is 0 Å². The Bertz CT molecular complexity index is 938. The lowest BCUT2D eigenvalue weighted by molar-refractivity contribution is -0.155. The van der Waals surface area contributed by atoms with Crippen molar-refractivity contribution in [2.45, 2.75) is 151 Å². The van der Waals surface area contributed by atoms with Crippen molar-refractivity contribution >= 4 is 11.9 Å². The summed E-state index contributed by atoms with van der Waals surface area (Å²) in [7, 11) is 0. The fourth-order valence-corrected chi connectivity index (χ4v) is 9.84. The van der Waals surface area contributed by atoms with Crippen molar-refractivity contribution in [1.82, 2.24) is 0 Å². The fraction of sp³-hybridized carbons (Fsp3) is 0.892. The van der Waals surface area contributed by atoms with Crippen LogP contribution in [0.25, 0.3) is 0 Å². The van der Waals surface area contributed by atoms with Crippen molar-refractivity contribution in [3.8, 4) is 0 Å². The molecule has 0 aromatic carbocycles. The molecular weight excluding hydrogens is 524 g/mol. The van der Waals surface area contributed by atoms with Crippen molar-refractivity contribution < 1.29 is 23.8 Å². The second-order valence-electron chi connectivity index (χ2n) is 15.6. The van der Waals surface area contributed by atoms with Crippen LogP contribution >= 0.6 is 0 Å². The molecule has 3 fully saturated rings. The van der Waals surface area contributed by atoms with Crippen LogP contribution in [-0.2, 0) is 23.8 Å². The lowest BCUT2D eigenvalue weighted by atomic mass is 9.47. The number of rotatable bonds is 14. The van der Waals surface area contributed by atoms with E-state index in [1.54, 1.807) is 0 Å². The summed E-state index contributed by atoms with van der Waals surface area (Å²) in [4.78, 5) is 24.7. The third-order valence-electron chi connectivity index (χ3n) is 12.1. The number of carbonyl (C=O) groups is 2. The van der Waals surface area contributed by atoms with Gasteiger partial charge in [0.05, 0.1) is 32.2 Å². The van der Waals surface area contributed by atoms with Crippen LogP contribution in [0.4, 0.5) is 0 Å². The Hall–Kier alpha value is -1.36. The highest BCUT2D eigenvalue weighted by atomic mass is 16.5. The zero-order valence-corrected chi connectivity index (χ0v) is 28.1. The highest BCUT2D eigenvalue weighted by Crippen LogP contribution is 2.67. The average molecular weight is 587 g/mol. The molecule has 4 rings (SSSR count). The normalized spacial score (nSPS) is 34.8. The van der Waals surface area contributed by atoms with Gasteiger partial charge in [-0.05, 0) is 105 Å². The average Bonchev–Trinajstić information content (AvgIpc) is 3.29. The summed E-state index contributed by atoms with van der Waals surface area (Å²) >= 11 is 0. The van der Waals surface area contributed by atoms with Crippen LogP contribution in [0.5, 0.6) is 0 Å². The van der Waals surface area contributed by atoms with Gasteiger partial charge in [0.1, 0.15) is 6.10 Å². The Labute approximate surface area is 257 Å². The molecule has 4 aliphatic carbocycles. The molecule has 5 heteroatoms. The van der Waals surface area contributed by atoms with E-state index in [0.29, 0.717) is 25.0 Å². The standard InChI is InChI=1S/C37H62O5/c1-25(2)10-8-11-27(5)31-14-15-32-30-13-12-28-24-29(18-20-36(28,6)33(30)19-21-37(31,32)7)42-35(39)17-16-34(38)41-23-9-22-40-26(3)4/h12,25-27,29-33H,8-11,13-24H2,1-7H3/t27?,29-,30?,31?,32?,33?,36-,37+/m0/s1. The molecule has 4 aliphatic rings. The maximum absolute atomic E-state index is 12.6. The molecule has 8 atom stereocenters. The highest BCUT2D eigenvalue weighted by molar-refractivity contribution is 5.77. The zero-order valence-electron chi connectivity index (χ0n) is 28.1. The van der Waals surface area contributed by atoms with Crippen molar-refractivity contribution in [3.63, 3.8) is 0 Å². The van der Waals surface area contributed by atoms with Crippen LogP contribution in [0.2, 0.25) is 0 Å². The second-order valence-corrected chi connectivity index (χ2v) is 15.6. The minimum absolute atomic E-state index is 0.0611. The van der Waals surface area contributed by atoms with Crippen LogP contribution in [0.3, 0.4) is 0 Å². The molecule has 5 nitrogen and oxygen atoms in total. The molecule has 3 saturated carbocycles. The smallest absolute Gasteiger partial charge is 0.306 e. The maximum Gasteiger partial charge on any atom is 0.306 e. The molecule has 42 heavy (non-hydrogen) atoms. The van der Waals surface area contributed by atoms with E-state index < -0.39 is 0 Å². The van der Waals surface area contributed by atoms with Gasteiger partial charge in [-0.2, -0.15) is 0 Å². The molecule has 0 N–H and O–H groups in total. The minimum Gasteiger partial charge on any atom is -0.466 e. The molecule has 0 aromatic rings. The van der Waals surface area contributed by atoms with Crippen LogP contribution in [0.15, 0.2) is 11.6 Å². The number of allylic oxidation sites excluding steroid dienone is 1. The first-order valence-corrected chi connectivity index (χ1v) is 17.6. The van der Waals surface area contributed by atoms with Gasteiger partial charge in [0.15, 0.2) is 0 Å². The topological polar surface area (TPSA) is 61.8 Å². The van der Waals surface area contributed by atoms with Crippen LogP contribution in [0.1, 0.15) is 138 Å². The van der Waals surface area contributed by atoms with Gasteiger partial charge in [-0.1, -0.05) is 65.5 Å². The van der Waals surface area contributed by atoms with Gasteiger partial charge in [-0.3, -0.25) is 9.59 Å². The summed E-state index contributed by atoms with van der Waals surface area (Å²) < 4.78 is 16.6. The zero-order chi connectivity index (χ0) is 30.5. The largest absolute Gasteiger partial charge is 0.466 e. The van der Waals surface area contributed by atoms with Crippen molar-refractivity contribution in [2.24, 2.45) is 46.3 Å². The van der Waals surface area contributed by atoms with E-state index in [0.717, 1.165) is 54.8 Å². The van der Waals surface area contributed by atoms with Crippen LogP contribution in [0, 0.1) is 46.3 Å². The summed E-state index contributed by atoms with van der Waals surface area (Å²) in [5.74, 6) is 4.38. The van der Waals surface area contributed by atoms with Gasteiger partial charge < -0.3 is 14.2 Å². The van der Waals surface area contributed by atoms with E-state index in [-0.39, 0.29) is 42.4 Å². The van der Waals surface area contributed by atoms with E-state index >= 15 is 0 Å². The molecule has 0 spiro atoms. The first-order chi connectivity index (χ1) is 19.9. The molecule has 0 heterocycles. The molecule has 0 radical (unpaired) electrons. The number of hydrogen-bond donors (Lipinski definition) is 0. The van der Waals surface area contributed by atoms with Crippen molar-refractivity contribution in [1.29, 1.82) is 0 Å². The summed E-state index contributed by atoms with van der Waals surface area (Å²) in [6.07, 6.45) is 17.4. The molecule has 240 valence electrons. The quantitative estimate of drug-likeness (QED) is 0.115.